The van der Waals surface area contributed by atoms with Crippen LogP contribution >= 0.6 is 0 Å². The van der Waals surface area contributed by atoms with E-state index >= 15 is 0 Å². The normalized spacial score (nSPS) is 14.6. The molecule has 0 bridgehead atoms. The van der Waals surface area contributed by atoms with Gasteiger partial charge in [0.1, 0.15) is 23.6 Å². The molecule has 29 heavy (non-hydrogen) atoms. The zero-order valence-corrected chi connectivity index (χ0v) is 16.9. The first-order chi connectivity index (χ1) is 13.9. The molecule has 0 saturated heterocycles. The molecule has 1 aliphatic rings. The second-order valence-electron chi connectivity index (χ2n) is 7.14. The first-order valence-electron chi connectivity index (χ1n) is 9.61. The number of anilines is 2. The number of amides is 1. The molecule has 1 amide bonds. The summed E-state index contributed by atoms with van der Waals surface area (Å²) in [5, 5.41) is 3.24. The van der Waals surface area contributed by atoms with Crippen LogP contribution < -0.4 is 19.7 Å². The van der Waals surface area contributed by atoms with E-state index in [-0.39, 0.29) is 25.7 Å². The van der Waals surface area contributed by atoms with Crippen molar-refractivity contribution in [2.45, 2.75) is 26.3 Å². The Morgan fingerprint density at radius 2 is 1.69 bits per heavy atom. The standard InChI is InChI=1S/C22H26N2O5/c1-4-27-16-9-11-17(12-10-16)29-15-20(25)28-14-13-24-19-8-6-5-7-18(19)23-22(2,3)21(24)26/h5-12,23H,4,13-15H2,1-3H3. The Hall–Kier alpha value is -3.22. The third kappa shape index (κ3) is 4.99. The van der Waals surface area contributed by atoms with Crippen LogP contribution in [-0.2, 0) is 14.3 Å². The molecule has 0 atom stereocenters. The fraction of sp³-hybridized carbons (Fsp3) is 0.364. The van der Waals surface area contributed by atoms with Crippen molar-refractivity contribution in [2.75, 3.05) is 36.6 Å². The molecule has 1 N–H and O–H groups in total. The molecule has 7 heteroatoms. The largest absolute Gasteiger partial charge is 0.494 e. The zero-order chi connectivity index (χ0) is 20.9. The van der Waals surface area contributed by atoms with Crippen molar-refractivity contribution in [3.63, 3.8) is 0 Å². The van der Waals surface area contributed by atoms with Crippen molar-refractivity contribution >= 4 is 23.3 Å². The lowest BCUT2D eigenvalue weighted by Gasteiger charge is -2.39. The van der Waals surface area contributed by atoms with Crippen molar-refractivity contribution in [1.29, 1.82) is 0 Å². The highest BCUT2D eigenvalue weighted by atomic mass is 16.6. The Kier molecular flexibility index (Phi) is 6.26. The van der Waals surface area contributed by atoms with E-state index in [0.717, 1.165) is 17.1 Å². The molecule has 3 rings (SSSR count). The van der Waals surface area contributed by atoms with E-state index in [1.165, 1.54) is 0 Å². The quantitative estimate of drug-likeness (QED) is 0.688. The summed E-state index contributed by atoms with van der Waals surface area (Å²) in [4.78, 5) is 26.4. The molecule has 2 aromatic rings. The Bertz CT molecular complexity index is 864. The van der Waals surface area contributed by atoms with Gasteiger partial charge in [-0.3, -0.25) is 4.79 Å². The lowest BCUT2D eigenvalue weighted by molar-refractivity contribution is -0.146. The number of hydrogen-bond donors (Lipinski definition) is 1. The predicted molar refractivity (Wildman–Crippen MR) is 111 cm³/mol. The first-order valence-corrected chi connectivity index (χ1v) is 9.61. The maximum Gasteiger partial charge on any atom is 0.344 e. The maximum atomic E-state index is 12.8. The number of nitrogens with zero attached hydrogens (tertiary/aromatic N) is 1. The SMILES string of the molecule is CCOc1ccc(OCC(=O)OCCN2C(=O)C(C)(C)Nc3ccccc32)cc1. The van der Waals surface area contributed by atoms with E-state index in [4.69, 9.17) is 14.2 Å². The van der Waals surface area contributed by atoms with Crippen LogP contribution in [0.25, 0.3) is 0 Å². The summed E-state index contributed by atoms with van der Waals surface area (Å²) >= 11 is 0. The monoisotopic (exact) mass is 398 g/mol. The maximum absolute atomic E-state index is 12.8. The highest BCUT2D eigenvalue weighted by molar-refractivity contribution is 6.07. The smallest absolute Gasteiger partial charge is 0.344 e. The summed E-state index contributed by atoms with van der Waals surface area (Å²) in [5.41, 5.74) is 0.926. The van der Waals surface area contributed by atoms with Gasteiger partial charge in [-0.1, -0.05) is 12.1 Å². The van der Waals surface area contributed by atoms with Crippen LogP contribution in [0.3, 0.4) is 0 Å². The number of benzene rings is 2. The van der Waals surface area contributed by atoms with Gasteiger partial charge in [-0.15, -0.1) is 0 Å². The van der Waals surface area contributed by atoms with E-state index in [1.807, 2.05) is 45.0 Å². The van der Waals surface area contributed by atoms with Gasteiger partial charge >= 0.3 is 5.97 Å². The van der Waals surface area contributed by atoms with Crippen LogP contribution in [0.5, 0.6) is 11.5 Å². The molecule has 0 aliphatic carbocycles. The Balaban J connectivity index is 1.50. The lowest BCUT2D eigenvalue weighted by Crippen LogP contribution is -2.54. The summed E-state index contributed by atoms with van der Waals surface area (Å²) < 4.78 is 16.1. The predicted octanol–water partition coefficient (Wildman–Crippen LogP) is 3.24. The molecule has 0 unspecified atom stereocenters. The third-order valence-corrected chi connectivity index (χ3v) is 4.49. The van der Waals surface area contributed by atoms with E-state index < -0.39 is 11.5 Å². The number of nitrogens with one attached hydrogen (secondary N) is 1. The fourth-order valence-corrected chi connectivity index (χ4v) is 3.11. The second kappa shape index (κ2) is 8.86. The molecule has 1 aliphatic heterocycles. The van der Waals surface area contributed by atoms with Gasteiger partial charge < -0.3 is 24.4 Å². The summed E-state index contributed by atoms with van der Waals surface area (Å²) in [7, 11) is 0. The third-order valence-electron chi connectivity index (χ3n) is 4.49. The van der Waals surface area contributed by atoms with Gasteiger partial charge in [0.25, 0.3) is 5.91 Å². The number of carbonyl (C=O) groups is 2. The average molecular weight is 398 g/mol. The summed E-state index contributed by atoms with van der Waals surface area (Å²) in [6, 6.07) is 14.6. The van der Waals surface area contributed by atoms with E-state index in [1.54, 1.807) is 29.2 Å². The lowest BCUT2D eigenvalue weighted by atomic mass is 9.98. The number of fused-ring (bicyclic) bond motifs is 1. The van der Waals surface area contributed by atoms with Gasteiger partial charge in [-0.25, -0.2) is 4.79 Å². The minimum atomic E-state index is -0.727. The van der Waals surface area contributed by atoms with Crippen molar-refractivity contribution in [3.8, 4) is 11.5 Å². The van der Waals surface area contributed by atoms with E-state index in [9.17, 15) is 9.59 Å². The molecule has 1 heterocycles. The molecule has 0 aromatic heterocycles. The number of hydrogen-bond acceptors (Lipinski definition) is 6. The van der Waals surface area contributed by atoms with Crippen molar-refractivity contribution in [1.82, 2.24) is 0 Å². The molecule has 7 nitrogen and oxygen atoms in total. The van der Waals surface area contributed by atoms with Crippen molar-refractivity contribution < 1.29 is 23.8 Å². The van der Waals surface area contributed by atoms with Gasteiger partial charge in [-0.2, -0.15) is 0 Å². The zero-order valence-electron chi connectivity index (χ0n) is 16.9. The van der Waals surface area contributed by atoms with E-state index in [2.05, 4.69) is 5.32 Å². The van der Waals surface area contributed by atoms with Gasteiger partial charge in [0.05, 0.1) is 24.5 Å². The molecule has 0 fully saturated rings. The Morgan fingerprint density at radius 3 is 2.38 bits per heavy atom. The highest BCUT2D eigenvalue weighted by Crippen LogP contribution is 2.34. The molecule has 2 aromatic carbocycles. The molecule has 0 spiro atoms. The number of carbonyl (C=O) groups excluding carboxylic acids is 2. The highest BCUT2D eigenvalue weighted by Gasteiger charge is 2.38. The van der Waals surface area contributed by atoms with Gasteiger partial charge in [0.15, 0.2) is 6.61 Å². The average Bonchev–Trinajstić information content (AvgIpc) is 2.70. The van der Waals surface area contributed by atoms with E-state index in [0.29, 0.717) is 12.4 Å². The summed E-state index contributed by atoms with van der Waals surface area (Å²) in [5.74, 6) is 0.733. The fourth-order valence-electron chi connectivity index (χ4n) is 3.11. The molecular weight excluding hydrogens is 372 g/mol. The molecular formula is C22H26N2O5. The van der Waals surface area contributed by atoms with Crippen LogP contribution in [0, 0.1) is 0 Å². The number of rotatable bonds is 8. The van der Waals surface area contributed by atoms with Crippen LogP contribution in [0.1, 0.15) is 20.8 Å². The van der Waals surface area contributed by atoms with Crippen LogP contribution in [0.4, 0.5) is 11.4 Å². The Morgan fingerprint density at radius 1 is 1.03 bits per heavy atom. The summed E-state index contributed by atoms with van der Waals surface area (Å²) in [6.07, 6.45) is 0. The topological polar surface area (TPSA) is 77.1 Å². The van der Waals surface area contributed by atoms with Gasteiger partial charge in [-0.05, 0) is 57.2 Å². The minimum absolute atomic E-state index is 0.0714. The number of para-hydroxylation sites is 2. The van der Waals surface area contributed by atoms with Gasteiger partial charge in [0, 0.05) is 0 Å². The van der Waals surface area contributed by atoms with Crippen LogP contribution in [0.15, 0.2) is 48.5 Å². The van der Waals surface area contributed by atoms with Gasteiger partial charge in [0.2, 0.25) is 0 Å². The van der Waals surface area contributed by atoms with Crippen molar-refractivity contribution in [2.24, 2.45) is 0 Å². The number of esters is 1. The molecule has 154 valence electrons. The first kappa shape index (κ1) is 20.5. The molecule has 0 radical (unpaired) electrons. The molecule has 0 saturated carbocycles. The minimum Gasteiger partial charge on any atom is -0.494 e. The Labute approximate surface area is 170 Å². The second-order valence-corrected chi connectivity index (χ2v) is 7.14. The van der Waals surface area contributed by atoms with Crippen LogP contribution in [0.2, 0.25) is 0 Å². The van der Waals surface area contributed by atoms with Crippen molar-refractivity contribution in [3.05, 3.63) is 48.5 Å². The van der Waals surface area contributed by atoms with Crippen LogP contribution in [-0.4, -0.2) is 43.8 Å². The summed E-state index contributed by atoms with van der Waals surface area (Å²) in [6.45, 7) is 6.31. The number of ether oxygens (including phenoxy) is 3.